The monoisotopic (exact) mass is 427 g/mol. The van der Waals surface area contributed by atoms with Gasteiger partial charge in [-0.05, 0) is 48.5 Å². The summed E-state index contributed by atoms with van der Waals surface area (Å²) < 4.78 is 8.29. The van der Waals surface area contributed by atoms with Crippen LogP contribution in [0.2, 0.25) is 0 Å². The number of halogens is 1. The van der Waals surface area contributed by atoms with E-state index in [4.69, 9.17) is 4.74 Å². The number of fused-ring (bicyclic) bond motifs is 1. The fourth-order valence-corrected chi connectivity index (χ4v) is 3.94. The summed E-state index contributed by atoms with van der Waals surface area (Å²) in [6, 6.07) is 16.3. The molecule has 2 aromatic carbocycles. The maximum Gasteiger partial charge on any atom is 0.242 e. The number of benzene rings is 2. The Hall–Kier alpha value is -2.47. The van der Waals surface area contributed by atoms with E-state index in [0.717, 1.165) is 47.3 Å². The first-order valence-corrected chi connectivity index (χ1v) is 9.84. The zero-order chi connectivity index (χ0) is 18.8. The lowest BCUT2D eigenvalue weighted by molar-refractivity contribution is -0.132. The molecule has 1 fully saturated rings. The van der Waals surface area contributed by atoms with Crippen molar-refractivity contribution in [2.24, 2.45) is 0 Å². The smallest absolute Gasteiger partial charge is 0.242 e. The molecule has 0 N–H and O–H groups in total. The Labute approximate surface area is 167 Å². The first-order valence-electron chi connectivity index (χ1n) is 9.05. The van der Waals surface area contributed by atoms with Crippen LogP contribution >= 0.6 is 15.9 Å². The summed E-state index contributed by atoms with van der Waals surface area (Å²) in [7, 11) is 1.67. The molecular formula is C21H22BrN3O2. The Bertz CT molecular complexity index is 944. The van der Waals surface area contributed by atoms with Gasteiger partial charge in [0.2, 0.25) is 5.91 Å². The van der Waals surface area contributed by atoms with Crippen LogP contribution in [0.5, 0.6) is 5.75 Å². The van der Waals surface area contributed by atoms with Gasteiger partial charge in [0.25, 0.3) is 0 Å². The van der Waals surface area contributed by atoms with E-state index in [2.05, 4.69) is 45.1 Å². The number of aromatic nitrogens is 1. The molecule has 1 aromatic heterocycles. The molecule has 6 heteroatoms. The summed E-state index contributed by atoms with van der Waals surface area (Å²) in [5.74, 6) is 1.03. The lowest BCUT2D eigenvalue weighted by Gasteiger charge is -2.36. The standard InChI is InChI=1S/C21H22BrN3O2/c1-27-19-5-3-18(4-6-19)23-10-12-24(13-11-23)21(26)15-25-9-8-16-14-17(22)2-7-20(16)25/h2-9,14H,10-13,15H2,1H3. The van der Waals surface area contributed by atoms with Crippen LogP contribution in [-0.2, 0) is 11.3 Å². The maximum atomic E-state index is 12.8. The molecule has 5 nitrogen and oxygen atoms in total. The Morgan fingerprint density at radius 2 is 1.78 bits per heavy atom. The van der Waals surface area contributed by atoms with Gasteiger partial charge >= 0.3 is 0 Å². The Balaban J connectivity index is 1.38. The van der Waals surface area contributed by atoms with E-state index in [0.29, 0.717) is 6.54 Å². The highest BCUT2D eigenvalue weighted by molar-refractivity contribution is 9.10. The summed E-state index contributed by atoms with van der Waals surface area (Å²) in [5, 5.41) is 1.14. The number of carbonyl (C=O) groups excluding carboxylic acids is 1. The van der Waals surface area contributed by atoms with Gasteiger partial charge in [0, 0.05) is 53.4 Å². The van der Waals surface area contributed by atoms with Crippen molar-refractivity contribution in [2.45, 2.75) is 6.54 Å². The molecule has 27 heavy (non-hydrogen) atoms. The van der Waals surface area contributed by atoms with Gasteiger partial charge in [0.05, 0.1) is 7.11 Å². The summed E-state index contributed by atoms with van der Waals surface area (Å²) in [6.07, 6.45) is 1.99. The number of carbonyl (C=O) groups is 1. The average molecular weight is 428 g/mol. The van der Waals surface area contributed by atoms with Gasteiger partial charge in [-0.3, -0.25) is 4.79 Å². The van der Waals surface area contributed by atoms with Crippen molar-refractivity contribution in [2.75, 3.05) is 38.2 Å². The minimum absolute atomic E-state index is 0.171. The van der Waals surface area contributed by atoms with Gasteiger partial charge in [-0.2, -0.15) is 0 Å². The molecule has 140 valence electrons. The molecule has 1 amide bonds. The minimum atomic E-state index is 0.171. The number of rotatable bonds is 4. The number of hydrogen-bond acceptors (Lipinski definition) is 3. The van der Waals surface area contributed by atoms with Crippen molar-refractivity contribution in [3.8, 4) is 5.75 Å². The van der Waals surface area contributed by atoms with Crippen LogP contribution in [0.1, 0.15) is 0 Å². The van der Waals surface area contributed by atoms with Crippen LogP contribution in [-0.4, -0.2) is 48.7 Å². The highest BCUT2D eigenvalue weighted by atomic mass is 79.9. The van der Waals surface area contributed by atoms with Crippen LogP contribution in [0, 0.1) is 0 Å². The Morgan fingerprint density at radius 1 is 1.04 bits per heavy atom. The number of ether oxygens (including phenoxy) is 1. The highest BCUT2D eigenvalue weighted by Gasteiger charge is 2.21. The van der Waals surface area contributed by atoms with E-state index in [1.807, 2.05) is 39.9 Å². The molecule has 0 saturated carbocycles. The molecule has 1 aliphatic rings. The molecule has 0 unspecified atom stereocenters. The third-order valence-corrected chi connectivity index (χ3v) is 5.60. The van der Waals surface area contributed by atoms with E-state index in [9.17, 15) is 4.79 Å². The summed E-state index contributed by atoms with van der Waals surface area (Å²) >= 11 is 3.49. The van der Waals surface area contributed by atoms with Crippen molar-refractivity contribution < 1.29 is 9.53 Å². The number of piperazine rings is 1. The minimum Gasteiger partial charge on any atom is -0.497 e. The third-order valence-electron chi connectivity index (χ3n) is 5.11. The van der Waals surface area contributed by atoms with E-state index in [-0.39, 0.29) is 5.91 Å². The molecule has 4 rings (SSSR count). The predicted molar refractivity (Wildman–Crippen MR) is 111 cm³/mol. The molecule has 0 atom stereocenters. The molecule has 0 spiro atoms. The predicted octanol–water partition coefficient (Wildman–Crippen LogP) is 3.76. The number of nitrogens with zero attached hydrogens (tertiary/aromatic N) is 3. The van der Waals surface area contributed by atoms with E-state index >= 15 is 0 Å². The van der Waals surface area contributed by atoms with Gasteiger partial charge in [-0.25, -0.2) is 0 Å². The molecule has 2 heterocycles. The van der Waals surface area contributed by atoms with Crippen LogP contribution in [0.25, 0.3) is 10.9 Å². The fraction of sp³-hybridized carbons (Fsp3) is 0.286. The molecule has 0 radical (unpaired) electrons. The maximum absolute atomic E-state index is 12.8. The zero-order valence-corrected chi connectivity index (χ0v) is 16.9. The van der Waals surface area contributed by atoms with Crippen molar-refractivity contribution in [3.63, 3.8) is 0 Å². The number of hydrogen-bond donors (Lipinski definition) is 0. The van der Waals surface area contributed by atoms with Gasteiger partial charge in [0.1, 0.15) is 12.3 Å². The van der Waals surface area contributed by atoms with Crippen LogP contribution in [0.3, 0.4) is 0 Å². The lowest BCUT2D eigenvalue weighted by atomic mass is 10.2. The fourth-order valence-electron chi connectivity index (χ4n) is 3.56. The largest absolute Gasteiger partial charge is 0.497 e. The zero-order valence-electron chi connectivity index (χ0n) is 15.3. The number of anilines is 1. The number of methoxy groups -OCH3 is 1. The average Bonchev–Trinajstić information content (AvgIpc) is 3.10. The van der Waals surface area contributed by atoms with Crippen LogP contribution in [0.4, 0.5) is 5.69 Å². The molecule has 1 saturated heterocycles. The Morgan fingerprint density at radius 3 is 2.48 bits per heavy atom. The van der Waals surface area contributed by atoms with Gasteiger partial charge < -0.3 is 19.1 Å². The molecule has 3 aromatic rings. The van der Waals surface area contributed by atoms with Gasteiger partial charge in [-0.15, -0.1) is 0 Å². The highest BCUT2D eigenvalue weighted by Crippen LogP contribution is 2.22. The van der Waals surface area contributed by atoms with Crippen molar-refractivity contribution in [1.29, 1.82) is 0 Å². The van der Waals surface area contributed by atoms with Gasteiger partial charge in [0.15, 0.2) is 0 Å². The second-order valence-corrected chi connectivity index (χ2v) is 7.63. The van der Waals surface area contributed by atoms with E-state index in [1.165, 1.54) is 5.69 Å². The molecule has 0 aliphatic carbocycles. The second kappa shape index (κ2) is 7.64. The van der Waals surface area contributed by atoms with Crippen LogP contribution < -0.4 is 9.64 Å². The first-order chi connectivity index (χ1) is 13.1. The normalized spacial score (nSPS) is 14.6. The second-order valence-electron chi connectivity index (χ2n) is 6.71. The third kappa shape index (κ3) is 3.81. The van der Waals surface area contributed by atoms with Crippen molar-refractivity contribution >= 4 is 38.4 Å². The quantitative estimate of drug-likeness (QED) is 0.635. The number of amides is 1. The molecular weight excluding hydrogens is 406 g/mol. The van der Waals surface area contributed by atoms with E-state index < -0.39 is 0 Å². The van der Waals surface area contributed by atoms with E-state index in [1.54, 1.807) is 7.11 Å². The summed E-state index contributed by atoms with van der Waals surface area (Å²) in [5.41, 5.74) is 2.26. The van der Waals surface area contributed by atoms with Crippen molar-refractivity contribution in [3.05, 3.63) is 59.2 Å². The SMILES string of the molecule is COc1ccc(N2CCN(C(=O)Cn3ccc4cc(Br)ccc43)CC2)cc1. The van der Waals surface area contributed by atoms with Gasteiger partial charge in [-0.1, -0.05) is 15.9 Å². The first kappa shape index (κ1) is 17.9. The van der Waals surface area contributed by atoms with Crippen LogP contribution in [0.15, 0.2) is 59.2 Å². The molecule has 0 bridgehead atoms. The summed E-state index contributed by atoms with van der Waals surface area (Å²) in [6.45, 7) is 3.56. The van der Waals surface area contributed by atoms with Crippen molar-refractivity contribution in [1.82, 2.24) is 9.47 Å². The Kier molecular flexibility index (Phi) is 5.07. The lowest BCUT2D eigenvalue weighted by Crippen LogP contribution is -2.49. The summed E-state index contributed by atoms with van der Waals surface area (Å²) in [4.78, 5) is 17.0. The topological polar surface area (TPSA) is 37.7 Å². The molecule has 1 aliphatic heterocycles.